The van der Waals surface area contributed by atoms with Crippen molar-refractivity contribution in [3.05, 3.63) is 38.8 Å². The number of hydrogen-bond donors (Lipinski definition) is 1. The molecule has 2 heterocycles. The van der Waals surface area contributed by atoms with E-state index in [2.05, 4.69) is 39.4 Å². The lowest BCUT2D eigenvalue weighted by Gasteiger charge is -2.13. The topological polar surface area (TPSA) is 43.8 Å². The minimum atomic E-state index is -0.102. The van der Waals surface area contributed by atoms with Crippen molar-refractivity contribution in [3.8, 4) is 0 Å². The van der Waals surface area contributed by atoms with E-state index in [1.807, 2.05) is 16.3 Å². The molecular formula is C11H14BrN3S. The molecule has 5 heteroatoms. The van der Waals surface area contributed by atoms with Crippen LogP contribution in [-0.2, 0) is 6.54 Å². The number of hydrogen-bond acceptors (Lipinski definition) is 3. The second kappa shape index (κ2) is 5.12. The molecule has 0 aliphatic heterocycles. The molecule has 0 saturated heterocycles. The maximum atomic E-state index is 6.25. The van der Waals surface area contributed by atoms with Crippen molar-refractivity contribution in [2.24, 2.45) is 5.73 Å². The molecule has 2 rings (SSSR count). The second-order valence-corrected chi connectivity index (χ2v) is 5.27. The van der Waals surface area contributed by atoms with Gasteiger partial charge in [0.1, 0.15) is 0 Å². The molecule has 0 amide bonds. The predicted molar refractivity (Wildman–Crippen MR) is 70.6 cm³/mol. The summed E-state index contributed by atoms with van der Waals surface area (Å²) in [5.41, 5.74) is 8.45. The summed E-state index contributed by atoms with van der Waals surface area (Å²) in [4.78, 5) is 0. The SMILES string of the molecule is CCCn1ncc(Br)c1C(N)c1ccsc1. The summed E-state index contributed by atoms with van der Waals surface area (Å²) >= 11 is 5.18. The first-order valence-electron chi connectivity index (χ1n) is 5.23. The molecule has 2 aromatic rings. The first kappa shape index (κ1) is 11.8. The van der Waals surface area contributed by atoms with E-state index in [-0.39, 0.29) is 6.04 Å². The maximum absolute atomic E-state index is 6.25. The molecule has 1 atom stereocenters. The van der Waals surface area contributed by atoms with Crippen molar-refractivity contribution in [2.75, 3.05) is 0 Å². The normalized spacial score (nSPS) is 12.9. The van der Waals surface area contributed by atoms with Crippen LogP contribution in [0.25, 0.3) is 0 Å². The highest BCUT2D eigenvalue weighted by Crippen LogP contribution is 2.27. The third-order valence-electron chi connectivity index (χ3n) is 2.47. The molecule has 0 bridgehead atoms. The molecule has 0 fully saturated rings. The third-order valence-corrected chi connectivity index (χ3v) is 3.78. The average Bonchev–Trinajstić information content (AvgIpc) is 2.88. The molecule has 0 spiro atoms. The smallest absolute Gasteiger partial charge is 0.0742 e. The van der Waals surface area contributed by atoms with E-state index in [1.165, 1.54) is 0 Å². The van der Waals surface area contributed by atoms with E-state index >= 15 is 0 Å². The maximum Gasteiger partial charge on any atom is 0.0742 e. The second-order valence-electron chi connectivity index (χ2n) is 3.64. The molecule has 2 aromatic heterocycles. The lowest BCUT2D eigenvalue weighted by Crippen LogP contribution is -2.17. The fourth-order valence-corrected chi connectivity index (χ4v) is 2.92. The van der Waals surface area contributed by atoms with Gasteiger partial charge < -0.3 is 5.73 Å². The molecule has 0 aromatic carbocycles. The summed E-state index contributed by atoms with van der Waals surface area (Å²) in [6.45, 7) is 3.04. The van der Waals surface area contributed by atoms with Crippen LogP contribution >= 0.6 is 27.3 Å². The van der Waals surface area contributed by atoms with E-state index in [0.29, 0.717) is 0 Å². The van der Waals surface area contributed by atoms with Crippen LogP contribution in [0, 0.1) is 0 Å². The largest absolute Gasteiger partial charge is 0.319 e. The Morgan fingerprint density at radius 1 is 1.62 bits per heavy atom. The van der Waals surface area contributed by atoms with Crippen molar-refractivity contribution in [3.63, 3.8) is 0 Å². The van der Waals surface area contributed by atoms with Crippen molar-refractivity contribution >= 4 is 27.3 Å². The van der Waals surface area contributed by atoms with E-state index in [0.717, 1.165) is 28.7 Å². The van der Waals surface area contributed by atoms with Gasteiger partial charge in [-0.2, -0.15) is 16.4 Å². The predicted octanol–water partition coefficient (Wildman–Crippen LogP) is 3.17. The van der Waals surface area contributed by atoms with Gasteiger partial charge in [-0.05, 0) is 44.7 Å². The highest BCUT2D eigenvalue weighted by atomic mass is 79.9. The zero-order valence-corrected chi connectivity index (χ0v) is 11.5. The number of nitrogens with two attached hydrogens (primary N) is 1. The van der Waals surface area contributed by atoms with E-state index in [4.69, 9.17) is 5.73 Å². The number of rotatable bonds is 4. The summed E-state index contributed by atoms with van der Waals surface area (Å²) in [6, 6.07) is 1.96. The van der Waals surface area contributed by atoms with Crippen LogP contribution < -0.4 is 5.73 Å². The van der Waals surface area contributed by atoms with Crippen LogP contribution in [0.4, 0.5) is 0 Å². The van der Waals surface area contributed by atoms with E-state index in [1.54, 1.807) is 11.3 Å². The van der Waals surface area contributed by atoms with E-state index in [9.17, 15) is 0 Å². The van der Waals surface area contributed by atoms with Crippen LogP contribution in [0.3, 0.4) is 0 Å². The van der Waals surface area contributed by atoms with Crippen LogP contribution in [0.1, 0.15) is 30.6 Å². The Hall–Kier alpha value is -0.650. The van der Waals surface area contributed by atoms with Gasteiger partial charge in [0.05, 0.1) is 22.4 Å². The third kappa shape index (κ3) is 2.21. The van der Waals surface area contributed by atoms with Crippen molar-refractivity contribution < 1.29 is 0 Å². The molecule has 3 nitrogen and oxygen atoms in total. The van der Waals surface area contributed by atoms with Crippen molar-refractivity contribution in [2.45, 2.75) is 25.9 Å². The first-order valence-corrected chi connectivity index (χ1v) is 6.96. The molecule has 1 unspecified atom stereocenters. The summed E-state index contributed by atoms with van der Waals surface area (Å²) in [7, 11) is 0. The van der Waals surface area contributed by atoms with Crippen molar-refractivity contribution in [1.82, 2.24) is 9.78 Å². The molecule has 0 aliphatic rings. The van der Waals surface area contributed by atoms with Gasteiger partial charge >= 0.3 is 0 Å². The average molecular weight is 300 g/mol. The van der Waals surface area contributed by atoms with Gasteiger partial charge in [0.25, 0.3) is 0 Å². The summed E-state index contributed by atoms with van der Waals surface area (Å²) in [6.07, 6.45) is 2.87. The van der Waals surface area contributed by atoms with Crippen molar-refractivity contribution in [1.29, 1.82) is 0 Å². The highest BCUT2D eigenvalue weighted by molar-refractivity contribution is 9.10. The molecule has 0 radical (unpaired) electrons. The highest BCUT2D eigenvalue weighted by Gasteiger charge is 2.18. The zero-order valence-electron chi connectivity index (χ0n) is 9.06. The van der Waals surface area contributed by atoms with Gasteiger partial charge in [0.15, 0.2) is 0 Å². The van der Waals surface area contributed by atoms with Gasteiger partial charge in [-0.1, -0.05) is 6.92 Å². The van der Waals surface area contributed by atoms with Crippen LogP contribution in [0.15, 0.2) is 27.5 Å². The minimum absolute atomic E-state index is 0.102. The number of thiophene rings is 1. The Balaban J connectivity index is 2.35. The first-order chi connectivity index (χ1) is 7.74. The molecule has 0 saturated carbocycles. The summed E-state index contributed by atoms with van der Waals surface area (Å²) < 4.78 is 2.96. The quantitative estimate of drug-likeness (QED) is 0.942. The van der Waals surface area contributed by atoms with Gasteiger partial charge in [-0.15, -0.1) is 0 Å². The van der Waals surface area contributed by atoms with Gasteiger partial charge in [-0.3, -0.25) is 4.68 Å². The Labute approximate surface area is 107 Å². The lowest BCUT2D eigenvalue weighted by atomic mass is 10.1. The fourth-order valence-electron chi connectivity index (χ4n) is 1.68. The fraction of sp³-hybridized carbons (Fsp3) is 0.364. The number of aryl methyl sites for hydroxylation is 1. The van der Waals surface area contributed by atoms with Gasteiger partial charge in [0.2, 0.25) is 0 Å². The molecule has 86 valence electrons. The molecule has 2 N–H and O–H groups in total. The summed E-state index contributed by atoms with van der Waals surface area (Å²) in [5, 5.41) is 8.46. The number of nitrogens with zero attached hydrogens (tertiary/aromatic N) is 2. The Bertz CT molecular complexity index is 450. The van der Waals surface area contributed by atoms with Gasteiger partial charge in [0, 0.05) is 6.54 Å². The van der Waals surface area contributed by atoms with E-state index < -0.39 is 0 Å². The Morgan fingerprint density at radius 2 is 2.44 bits per heavy atom. The number of aromatic nitrogens is 2. The van der Waals surface area contributed by atoms with Crippen LogP contribution in [-0.4, -0.2) is 9.78 Å². The summed E-state index contributed by atoms with van der Waals surface area (Å²) in [5.74, 6) is 0. The minimum Gasteiger partial charge on any atom is -0.319 e. The van der Waals surface area contributed by atoms with Crippen LogP contribution in [0.2, 0.25) is 0 Å². The standard InChI is InChI=1S/C11H14BrN3S/c1-2-4-15-11(9(12)6-14-15)10(13)8-3-5-16-7-8/h3,5-7,10H,2,4,13H2,1H3. The van der Waals surface area contributed by atoms with Crippen LogP contribution in [0.5, 0.6) is 0 Å². The van der Waals surface area contributed by atoms with Gasteiger partial charge in [-0.25, -0.2) is 0 Å². The Kier molecular flexibility index (Phi) is 3.78. The molecular weight excluding hydrogens is 286 g/mol. The Morgan fingerprint density at radius 3 is 3.06 bits per heavy atom. The monoisotopic (exact) mass is 299 g/mol. The number of halogens is 1. The lowest BCUT2D eigenvalue weighted by molar-refractivity contribution is 0.559. The molecule has 0 aliphatic carbocycles. The zero-order chi connectivity index (χ0) is 11.5. The molecule has 16 heavy (non-hydrogen) atoms.